The molecule has 1 aliphatic carbocycles. The monoisotopic (exact) mass is 491 g/mol. The van der Waals surface area contributed by atoms with Crippen molar-refractivity contribution in [2.45, 2.75) is 77.8 Å². The highest BCUT2D eigenvalue weighted by atomic mass is 32.1. The number of ether oxygens (including phenoxy) is 1. The SMILES string of the molecule is CC(C)Oc1ccc(-c2nnc(-c3cccc4c3CC[C@@H]4O[Si](C)(C)C(C)(C)C)s2)cc1C#N. The van der Waals surface area contributed by atoms with Crippen molar-refractivity contribution in [3.8, 4) is 33.0 Å². The molecule has 1 atom stereocenters. The minimum atomic E-state index is -1.86. The Balaban J connectivity index is 1.63. The van der Waals surface area contributed by atoms with Gasteiger partial charge in [-0.05, 0) is 74.1 Å². The molecule has 7 heteroatoms. The highest BCUT2D eigenvalue weighted by Gasteiger charge is 2.41. The van der Waals surface area contributed by atoms with E-state index in [1.807, 2.05) is 32.0 Å². The van der Waals surface area contributed by atoms with Crippen molar-refractivity contribution >= 4 is 19.7 Å². The van der Waals surface area contributed by atoms with Gasteiger partial charge in [0.2, 0.25) is 0 Å². The van der Waals surface area contributed by atoms with Crippen molar-refractivity contribution in [2.75, 3.05) is 0 Å². The number of benzene rings is 2. The summed E-state index contributed by atoms with van der Waals surface area (Å²) >= 11 is 1.56. The molecule has 0 saturated carbocycles. The summed E-state index contributed by atoms with van der Waals surface area (Å²) in [4.78, 5) is 0. The molecule has 0 unspecified atom stereocenters. The van der Waals surface area contributed by atoms with Crippen molar-refractivity contribution in [1.82, 2.24) is 10.2 Å². The van der Waals surface area contributed by atoms with Gasteiger partial charge in [0.15, 0.2) is 8.32 Å². The minimum absolute atomic E-state index is 0.00991. The van der Waals surface area contributed by atoms with Crippen LogP contribution in [0, 0.1) is 11.3 Å². The fourth-order valence-electron chi connectivity index (χ4n) is 4.03. The van der Waals surface area contributed by atoms with Crippen LogP contribution in [0.25, 0.3) is 21.1 Å². The molecule has 1 aromatic heterocycles. The Morgan fingerprint density at radius 2 is 1.85 bits per heavy atom. The molecule has 5 nitrogen and oxygen atoms in total. The van der Waals surface area contributed by atoms with E-state index in [0.29, 0.717) is 11.3 Å². The summed E-state index contributed by atoms with van der Waals surface area (Å²) in [7, 11) is -1.86. The van der Waals surface area contributed by atoms with Crippen molar-refractivity contribution in [3.05, 3.63) is 53.1 Å². The Bertz CT molecular complexity index is 1240. The lowest BCUT2D eigenvalue weighted by Crippen LogP contribution is -2.41. The molecule has 0 bridgehead atoms. The molecule has 2 aromatic carbocycles. The Kier molecular flexibility index (Phi) is 6.69. The van der Waals surface area contributed by atoms with E-state index in [1.54, 1.807) is 11.3 Å². The van der Waals surface area contributed by atoms with E-state index in [1.165, 1.54) is 11.1 Å². The van der Waals surface area contributed by atoms with Crippen LogP contribution in [-0.2, 0) is 10.8 Å². The van der Waals surface area contributed by atoms with Gasteiger partial charge in [0.05, 0.1) is 17.8 Å². The molecular formula is C27H33N3O2SSi. The number of rotatable bonds is 6. The third-order valence-corrected chi connectivity index (χ3v) is 12.3. The van der Waals surface area contributed by atoms with Crippen LogP contribution < -0.4 is 4.74 Å². The summed E-state index contributed by atoms with van der Waals surface area (Å²) in [6.45, 7) is 15.4. The van der Waals surface area contributed by atoms with Crippen LogP contribution in [0.4, 0.5) is 0 Å². The maximum Gasteiger partial charge on any atom is 0.192 e. The second-order valence-corrected chi connectivity index (χ2v) is 16.4. The maximum atomic E-state index is 9.58. The Hall–Kier alpha value is -2.53. The molecule has 178 valence electrons. The molecule has 0 fully saturated rings. The molecule has 34 heavy (non-hydrogen) atoms. The Morgan fingerprint density at radius 3 is 2.53 bits per heavy atom. The summed E-state index contributed by atoms with van der Waals surface area (Å²) in [6.07, 6.45) is 2.15. The fraction of sp³-hybridized carbons (Fsp3) is 0.444. The molecule has 3 aromatic rings. The first-order chi connectivity index (χ1) is 16.0. The lowest BCUT2D eigenvalue weighted by molar-refractivity contribution is 0.185. The molecule has 0 aliphatic heterocycles. The zero-order valence-electron chi connectivity index (χ0n) is 21.1. The first-order valence-corrected chi connectivity index (χ1v) is 15.6. The minimum Gasteiger partial charge on any atom is -0.490 e. The van der Waals surface area contributed by atoms with Crippen molar-refractivity contribution in [1.29, 1.82) is 5.26 Å². The van der Waals surface area contributed by atoms with E-state index >= 15 is 0 Å². The zero-order chi connectivity index (χ0) is 24.7. The van der Waals surface area contributed by atoms with E-state index in [-0.39, 0.29) is 17.2 Å². The number of hydrogen-bond acceptors (Lipinski definition) is 6. The number of aromatic nitrogens is 2. The molecule has 1 heterocycles. The van der Waals surface area contributed by atoms with Crippen LogP contribution >= 0.6 is 11.3 Å². The molecule has 0 N–H and O–H groups in total. The van der Waals surface area contributed by atoms with Crippen LogP contribution in [0.1, 0.15) is 63.8 Å². The highest BCUT2D eigenvalue weighted by molar-refractivity contribution is 7.17. The lowest BCUT2D eigenvalue weighted by Gasteiger charge is -2.38. The molecular weight excluding hydrogens is 458 g/mol. The van der Waals surface area contributed by atoms with Crippen molar-refractivity contribution < 1.29 is 9.16 Å². The number of nitrogens with zero attached hydrogens (tertiary/aromatic N) is 3. The number of nitriles is 1. The van der Waals surface area contributed by atoms with Crippen molar-refractivity contribution in [3.63, 3.8) is 0 Å². The average molecular weight is 492 g/mol. The van der Waals surface area contributed by atoms with Gasteiger partial charge in [-0.2, -0.15) is 5.26 Å². The standard InChI is InChI=1S/C27H33N3O2SSi/c1-17(2)31-23-13-11-18(15-19(23)16-28)25-29-30-26(33-25)22-10-8-9-21-20(22)12-14-24(21)32-34(6,7)27(3,4)5/h8-11,13,15,17,24H,12,14H2,1-7H3/t24-/m0/s1. The van der Waals surface area contributed by atoms with Gasteiger partial charge in [-0.25, -0.2) is 0 Å². The largest absolute Gasteiger partial charge is 0.490 e. The van der Waals surface area contributed by atoms with E-state index < -0.39 is 8.32 Å². The second-order valence-electron chi connectivity index (χ2n) is 10.7. The van der Waals surface area contributed by atoms with E-state index in [4.69, 9.17) is 9.16 Å². The van der Waals surface area contributed by atoms with Crippen LogP contribution in [0.2, 0.25) is 18.1 Å². The first kappa shape index (κ1) is 24.6. The molecule has 0 saturated heterocycles. The highest BCUT2D eigenvalue weighted by Crippen LogP contribution is 2.46. The summed E-state index contributed by atoms with van der Waals surface area (Å²) < 4.78 is 12.5. The molecule has 4 rings (SSSR count). The predicted octanol–water partition coefficient (Wildman–Crippen LogP) is 7.54. The molecule has 0 radical (unpaired) electrons. The molecule has 0 spiro atoms. The third kappa shape index (κ3) is 4.81. The van der Waals surface area contributed by atoms with E-state index in [9.17, 15) is 5.26 Å². The summed E-state index contributed by atoms with van der Waals surface area (Å²) in [5.41, 5.74) is 5.15. The van der Waals surface area contributed by atoms with Gasteiger partial charge in [0.25, 0.3) is 0 Å². The Labute approximate surface area is 207 Å². The fourth-order valence-corrected chi connectivity index (χ4v) is 6.23. The van der Waals surface area contributed by atoms with Crippen LogP contribution in [0.5, 0.6) is 5.75 Å². The normalized spacial score (nSPS) is 15.9. The van der Waals surface area contributed by atoms with Gasteiger partial charge in [0.1, 0.15) is 21.8 Å². The van der Waals surface area contributed by atoms with Gasteiger partial charge in [-0.15, -0.1) is 10.2 Å². The topological polar surface area (TPSA) is 68.0 Å². The van der Waals surface area contributed by atoms with E-state index in [0.717, 1.165) is 34.0 Å². The predicted molar refractivity (Wildman–Crippen MR) is 141 cm³/mol. The smallest absolute Gasteiger partial charge is 0.192 e. The van der Waals surface area contributed by atoms with E-state index in [2.05, 4.69) is 68.3 Å². The summed E-state index contributed by atoms with van der Waals surface area (Å²) in [5.74, 6) is 0.597. The second kappa shape index (κ2) is 9.25. The number of fused-ring (bicyclic) bond motifs is 1. The van der Waals surface area contributed by atoms with Gasteiger partial charge >= 0.3 is 0 Å². The molecule has 0 amide bonds. The quantitative estimate of drug-likeness (QED) is 0.333. The van der Waals surface area contributed by atoms with Gasteiger partial charge in [-0.3, -0.25) is 0 Å². The van der Waals surface area contributed by atoms with Crippen LogP contribution in [0.15, 0.2) is 36.4 Å². The van der Waals surface area contributed by atoms with Gasteiger partial charge in [-0.1, -0.05) is 50.3 Å². The van der Waals surface area contributed by atoms with Crippen molar-refractivity contribution in [2.24, 2.45) is 0 Å². The average Bonchev–Trinajstić information content (AvgIpc) is 3.40. The number of hydrogen-bond donors (Lipinski definition) is 0. The third-order valence-electron chi connectivity index (χ3n) is 6.82. The summed E-state index contributed by atoms with van der Waals surface area (Å²) in [5, 5.41) is 20.4. The van der Waals surface area contributed by atoms with Gasteiger partial charge in [0, 0.05) is 11.1 Å². The molecule has 1 aliphatic rings. The van der Waals surface area contributed by atoms with Gasteiger partial charge < -0.3 is 9.16 Å². The van der Waals surface area contributed by atoms with Crippen LogP contribution in [-0.4, -0.2) is 24.6 Å². The zero-order valence-corrected chi connectivity index (χ0v) is 22.9. The maximum absolute atomic E-state index is 9.58. The Morgan fingerprint density at radius 1 is 1.12 bits per heavy atom. The van der Waals surface area contributed by atoms with Crippen LogP contribution in [0.3, 0.4) is 0 Å². The first-order valence-electron chi connectivity index (χ1n) is 11.8. The summed E-state index contributed by atoms with van der Waals surface area (Å²) in [6, 6.07) is 14.3. The lowest BCUT2D eigenvalue weighted by atomic mass is 10.0.